The molecule has 1 aromatic carbocycles. The maximum atomic E-state index is 12.4. The van der Waals surface area contributed by atoms with E-state index >= 15 is 0 Å². The van der Waals surface area contributed by atoms with E-state index in [0.717, 1.165) is 12.8 Å². The number of furan rings is 1. The number of hydrogen-bond acceptors (Lipinski definition) is 6. The Morgan fingerprint density at radius 2 is 1.92 bits per heavy atom. The third kappa shape index (κ3) is 3.01. The van der Waals surface area contributed by atoms with Gasteiger partial charge in [-0.2, -0.15) is 8.42 Å². The number of rotatable bonds is 5. The first-order valence-corrected chi connectivity index (χ1v) is 9.42. The predicted molar refractivity (Wildman–Crippen MR) is 87.0 cm³/mol. The summed E-state index contributed by atoms with van der Waals surface area (Å²) in [6.07, 6.45) is 5.46. The molecular weight excluding hydrogens is 330 g/mol. The van der Waals surface area contributed by atoms with Crippen molar-refractivity contribution < 1.29 is 17.3 Å². The van der Waals surface area contributed by atoms with Gasteiger partial charge in [-0.15, -0.1) is 5.10 Å². The fourth-order valence-corrected chi connectivity index (χ4v) is 3.99. The molecular formula is C16H17N3O4S. The smallest absolute Gasteiger partial charge is 0.329 e. The van der Waals surface area contributed by atoms with E-state index in [1.54, 1.807) is 18.2 Å². The van der Waals surface area contributed by atoms with Gasteiger partial charge in [-0.1, -0.05) is 36.1 Å². The molecule has 8 heteroatoms. The molecule has 1 N–H and O–H groups in total. The third-order valence-corrected chi connectivity index (χ3v) is 5.47. The molecule has 4 rings (SSSR count). The molecule has 7 nitrogen and oxygen atoms in total. The lowest BCUT2D eigenvalue weighted by molar-refractivity contribution is 0.438. The van der Waals surface area contributed by atoms with Gasteiger partial charge < -0.3 is 8.83 Å². The Labute approximate surface area is 139 Å². The van der Waals surface area contributed by atoms with Crippen LogP contribution < -0.4 is 4.72 Å². The maximum absolute atomic E-state index is 12.4. The molecule has 0 atom stereocenters. The molecule has 2 heterocycles. The summed E-state index contributed by atoms with van der Waals surface area (Å²) in [5, 5.41) is 8.23. The van der Waals surface area contributed by atoms with Gasteiger partial charge in [0, 0.05) is 17.9 Å². The number of sulfonamides is 1. The average molecular weight is 347 g/mol. The van der Waals surface area contributed by atoms with Gasteiger partial charge in [0.2, 0.25) is 11.0 Å². The monoisotopic (exact) mass is 347 g/mol. The molecule has 1 fully saturated rings. The molecule has 0 spiro atoms. The molecule has 0 saturated heterocycles. The molecule has 1 saturated carbocycles. The van der Waals surface area contributed by atoms with Crippen molar-refractivity contribution >= 4 is 27.0 Å². The van der Waals surface area contributed by atoms with Crippen LogP contribution in [-0.2, 0) is 16.4 Å². The van der Waals surface area contributed by atoms with Gasteiger partial charge in [0.25, 0.3) is 10.0 Å². The molecule has 126 valence electrons. The third-order valence-electron chi connectivity index (χ3n) is 4.29. The molecule has 0 bridgehead atoms. The van der Waals surface area contributed by atoms with E-state index in [2.05, 4.69) is 14.9 Å². The van der Waals surface area contributed by atoms with Crippen LogP contribution >= 0.6 is 0 Å². The zero-order valence-corrected chi connectivity index (χ0v) is 13.8. The molecule has 24 heavy (non-hydrogen) atoms. The van der Waals surface area contributed by atoms with Crippen LogP contribution in [0.4, 0.5) is 6.01 Å². The van der Waals surface area contributed by atoms with E-state index in [9.17, 15) is 8.42 Å². The van der Waals surface area contributed by atoms with E-state index in [1.165, 1.54) is 18.9 Å². The second-order valence-electron chi connectivity index (χ2n) is 6.06. The second-order valence-corrected chi connectivity index (χ2v) is 7.68. The molecule has 3 aromatic rings. The van der Waals surface area contributed by atoms with Gasteiger partial charge >= 0.3 is 6.01 Å². The SMILES string of the molecule is O=S(=O)(Nc1nnc(CC2CCCC2)o1)c1cc2ccccc2o1. The van der Waals surface area contributed by atoms with Crippen LogP contribution in [0.5, 0.6) is 0 Å². The Hall–Kier alpha value is -2.35. The van der Waals surface area contributed by atoms with Crippen LogP contribution in [0, 0.1) is 5.92 Å². The summed E-state index contributed by atoms with van der Waals surface area (Å²) in [4.78, 5) is 0. The summed E-state index contributed by atoms with van der Waals surface area (Å²) >= 11 is 0. The Kier molecular flexibility index (Phi) is 3.76. The first-order chi connectivity index (χ1) is 11.6. The van der Waals surface area contributed by atoms with Crippen molar-refractivity contribution in [3.63, 3.8) is 0 Å². The molecule has 0 unspecified atom stereocenters. The van der Waals surface area contributed by atoms with Crippen LogP contribution in [0.3, 0.4) is 0 Å². The van der Waals surface area contributed by atoms with Crippen molar-refractivity contribution in [2.24, 2.45) is 5.92 Å². The summed E-state index contributed by atoms with van der Waals surface area (Å²) in [5.41, 5.74) is 0.505. The Bertz CT molecular complexity index is 922. The van der Waals surface area contributed by atoms with Crippen LogP contribution in [0.1, 0.15) is 31.6 Å². The van der Waals surface area contributed by atoms with Crippen LogP contribution in [0.25, 0.3) is 11.0 Å². The lowest BCUT2D eigenvalue weighted by Gasteiger charge is -2.03. The minimum absolute atomic E-state index is 0.136. The quantitative estimate of drug-likeness (QED) is 0.760. The van der Waals surface area contributed by atoms with Crippen molar-refractivity contribution in [3.8, 4) is 0 Å². The highest BCUT2D eigenvalue weighted by molar-refractivity contribution is 7.92. The molecule has 1 aliphatic rings. The number of hydrogen-bond donors (Lipinski definition) is 1. The lowest BCUT2D eigenvalue weighted by Crippen LogP contribution is -2.12. The minimum Gasteiger partial charge on any atom is -0.443 e. The van der Waals surface area contributed by atoms with Gasteiger partial charge in [0.05, 0.1) is 0 Å². The number of anilines is 1. The van der Waals surface area contributed by atoms with E-state index in [0.29, 0.717) is 29.2 Å². The minimum atomic E-state index is -3.90. The zero-order valence-electron chi connectivity index (χ0n) is 12.9. The summed E-state index contributed by atoms with van der Waals surface area (Å²) in [5.74, 6) is 1.01. The van der Waals surface area contributed by atoms with Crippen LogP contribution in [0.2, 0.25) is 0 Å². The van der Waals surface area contributed by atoms with Gasteiger partial charge in [-0.05, 0) is 24.8 Å². The van der Waals surface area contributed by atoms with Gasteiger partial charge in [0.1, 0.15) is 5.58 Å². The molecule has 1 aliphatic carbocycles. The highest BCUT2D eigenvalue weighted by atomic mass is 32.2. The fraction of sp³-hybridized carbons (Fsp3) is 0.375. The summed E-state index contributed by atoms with van der Waals surface area (Å²) < 4.78 is 37.9. The van der Waals surface area contributed by atoms with Crippen molar-refractivity contribution in [2.45, 2.75) is 37.2 Å². The van der Waals surface area contributed by atoms with Crippen molar-refractivity contribution in [1.29, 1.82) is 0 Å². The highest BCUT2D eigenvalue weighted by Gasteiger charge is 2.23. The van der Waals surface area contributed by atoms with Crippen molar-refractivity contribution in [2.75, 3.05) is 4.72 Å². The summed E-state index contributed by atoms with van der Waals surface area (Å²) in [6, 6.07) is 8.42. The molecule has 0 amide bonds. The zero-order chi connectivity index (χ0) is 16.6. The Morgan fingerprint density at radius 3 is 2.71 bits per heavy atom. The molecule has 0 radical (unpaired) electrons. The number of benzene rings is 1. The Balaban J connectivity index is 1.52. The standard InChI is InChI=1S/C16H17N3O4S/c20-24(21,15-10-12-7-3-4-8-13(12)22-15)19-16-18-17-14(23-16)9-11-5-1-2-6-11/h3-4,7-8,10-11H,1-2,5-6,9H2,(H,18,19). The van der Waals surface area contributed by atoms with E-state index in [-0.39, 0.29) is 11.1 Å². The topological polar surface area (TPSA) is 98.2 Å². The number of nitrogens with zero attached hydrogens (tertiary/aromatic N) is 2. The van der Waals surface area contributed by atoms with Gasteiger partial charge in [0.15, 0.2) is 0 Å². The summed E-state index contributed by atoms with van der Waals surface area (Å²) in [6.45, 7) is 0. The van der Waals surface area contributed by atoms with Crippen molar-refractivity contribution in [1.82, 2.24) is 10.2 Å². The predicted octanol–water partition coefficient (Wildman–Crippen LogP) is 3.35. The normalized spacial score (nSPS) is 16.0. The molecule has 2 aromatic heterocycles. The van der Waals surface area contributed by atoms with E-state index in [1.807, 2.05) is 6.07 Å². The van der Waals surface area contributed by atoms with Gasteiger partial charge in [-0.3, -0.25) is 0 Å². The largest absolute Gasteiger partial charge is 0.443 e. The lowest BCUT2D eigenvalue weighted by atomic mass is 10.0. The molecule has 0 aliphatic heterocycles. The van der Waals surface area contributed by atoms with E-state index in [4.69, 9.17) is 8.83 Å². The number of nitrogens with one attached hydrogen (secondary N) is 1. The average Bonchev–Trinajstić information content (AvgIpc) is 3.28. The maximum Gasteiger partial charge on any atom is 0.329 e. The second kappa shape index (κ2) is 5.94. The fourth-order valence-electron chi connectivity index (χ4n) is 3.09. The first-order valence-electron chi connectivity index (χ1n) is 7.94. The van der Waals surface area contributed by atoms with E-state index < -0.39 is 10.0 Å². The van der Waals surface area contributed by atoms with Crippen LogP contribution in [0.15, 0.2) is 44.3 Å². The highest BCUT2D eigenvalue weighted by Crippen LogP contribution is 2.28. The Morgan fingerprint density at radius 1 is 1.12 bits per heavy atom. The summed E-state index contributed by atoms with van der Waals surface area (Å²) in [7, 11) is -3.90. The number of aromatic nitrogens is 2. The van der Waals surface area contributed by atoms with Crippen molar-refractivity contribution in [3.05, 3.63) is 36.2 Å². The number of fused-ring (bicyclic) bond motifs is 1. The first kappa shape index (κ1) is 15.2. The number of para-hydroxylation sites is 1. The van der Waals surface area contributed by atoms with Crippen LogP contribution in [-0.4, -0.2) is 18.6 Å². The van der Waals surface area contributed by atoms with Gasteiger partial charge in [-0.25, -0.2) is 4.72 Å².